The van der Waals surface area contributed by atoms with E-state index in [-0.39, 0.29) is 18.6 Å². The number of ether oxygens (including phenoxy) is 1. The molecule has 0 spiro atoms. The number of piperidine rings is 1. The van der Waals surface area contributed by atoms with Crippen molar-refractivity contribution < 1.29 is 22.1 Å². The zero-order chi connectivity index (χ0) is 20.2. The Labute approximate surface area is 165 Å². The summed E-state index contributed by atoms with van der Waals surface area (Å²) >= 11 is 1.39. The maximum Gasteiger partial charge on any atom is 0.410 e. The Bertz CT molecular complexity index is 769. The minimum Gasteiger partial charge on any atom is -0.444 e. The van der Waals surface area contributed by atoms with Gasteiger partial charge in [-0.25, -0.2) is 14.8 Å². The van der Waals surface area contributed by atoms with E-state index in [1.807, 2.05) is 27.0 Å². The van der Waals surface area contributed by atoms with E-state index in [9.17, 15) is 13.2 Å². The van der Waals surface area contributed by atoms with E-state index in [1.165, 1.54) is 11.8 Å². The Hall–Kier alpha value is -1.39. The fourth-order valence-corrected chi connectivity index (χ4v) is 3.46. The average Bonchev–Trinajstić information content (AvgIpc) is 2.57. The molecule has 1 aliphatic rings. The van der Waals surface area contributed by atoms with Gasteiger partial charge in [-0.3, -0.25) is 4.18 Å². The molecule has 0 aromatic carbocycles. The number of carbonyl (C=O) groups excluding carboxylic acids is 1. The molecule has 1 amide bonds. The van der Waals surface area contributed by atoms with E-state index in [0.717, 1.165) is 24.8 Å². The van der Waals surface area contributed by atoms with Crippen LogP contribution in [0.2, 0.25) is 0 Å². The number of aromatic nitrogens is 2. The Morgan fingerprint density at radius 2 is 1.93 bits per heavy atom. The number of hydrogen-bond acceptors (Lipinski definition) is 8. The van der Waals surface area contributed by atoms with Crippen LogP contribution in [0.4, 0.5) is 4.79 Å². The monoisotopic (exact) mass is 417 g/mol. The highest BCUT2D eigenvalue weighted by molar-refractivity contribution is 7.98. The maximum atomic E-state index is 12.2. The predicted molar refractivity (Wildman–Crippen MR) is 103 cm³/mol. The third-order valence-electron chi connectivity index (χ3n) is 3.95. The summed E-state index contributed by atoms with van der Waals surface area (Å²) in [6.07, 6.45) is 4.10. The van der Waals surface area contributed by atoms with Crippen LogP contribution in [0.25, 0.3) is 0 Å². The first-order valence-corrected chi connectivity index (χ1v) is 11.7. The Balaban J connectivity index is 2.05. The zero-order valence-corrected chi connectivity index (χ0v) is 18.0. The van der Waals surface area contributed by atoms with Crippen molar-refractivity contribution in [2.45, 2.75) is 56.9 Å². The van der Waals surface area contributed by atoms with Crippen LogP contribution >= 0.6 is 11.8 Å². The van der Waals surface area contributed by atoms with Gasteiger partial charge in [0.2, 0.25) is 0 Å². The van der Waals surface area contributed by atoms with Crippen molar-refractivity contribution in [3.63, 3.8) is 0 Å². The first-order chi connectivity index (χ1) is 12.5. The second-order valence-electron chi connectivity index (χ2n) is 7.48. The summed E-state index contributed by atoms with van der Waals surface area (Å²) in [5.74, 6) is 0.176. The van der Waals surface area contributed by atoms with Gasteiger partial charge < -0.3 is 9.64 Å². The largest absolute Gasteiger partial charge is 0.444 e. The molecule has 1 aliphatic heterocycles. The summed E-state index contributed by atoms with van der Waals surface area (Å²) in [6.45, 7) is 6.62. The van der Waals surface area contributed by atoms with Crippen LogP contribution in [0.15, 0.2) is 11.2 Å². The van der Waals surface area contributed by atoms with Crippen LogP contribution in [0.1, 0.15) is 50.9 Å². The number of amides is 1. The highest BCUT2D eigenvalue weighted by atomic mass is 32.2. The molecule has 27 heavy (non-hydrogen) atoms. The van der Waals surface area contributed by atoms with Crippen LogP contribution in [0.3, 0.4) is 0 Å². The molecule has 1 aromatic rings. The van der Waals surface area contributed by atoms with Gasteiger partial charge in [-0.05, 0) is 45.9 Å². The fourth-order valence-electron chi connectivity index (χ4n) is 2.72. The van der Waals surface area contributed by atoms with Crippen molar-refractivity contribution >= 4 is 28.0 Å². The van der Waals surface area contributed by atoms with E-state index in [1.54, 1.807) is 11.0 Å². The van der Waals surface area contributed by atoms with Crippen molar-refractivity contribution in [1.29, 1.82) is 0 Å². The third kappa shape index (κ3) is 7.27. The second kappa shape index (κ2) is 8.74. The average molecular weight is 418 g/mol. The van der Waals surface area contributed by atoms with Crippen LogP contribution in [-0.2, 0) is 25.6 Å². The number of hydrogen-bond donors (Lipinski definition) is 0. The van der Waals surface area contributed by atoms with Crippen molar-refractivity contribution in [1.82, 2.24) is 14.9 Å². The molecular formula is C17H27N3O5S2. The first-order valence-electron chi connectivity index (χ1n) is 8.71. The molecule has 8 nitrogen and oxygen atoms in total. The van der Waals surface area contributed by atoms with Gasteiger partial charge in [0.25, 0.3) is 10.1 Å². The molecule has 10 heteroatoms. The van der Waals surface area contributed by atoms with Crippen LogP contribution in [-0.4, -0.2) is 60.6 Å². The lowest BCUT2D eigenvalue weighted by Crippen LogP contribution is -2.41. The van der Waals surface area contributed by atoms with E-state index >= 15 is 0 Å². The maximum absolute atomic E-state index is 12.2. The van der Waals surface area contributed by atoms with Crippen molar-refractivity contribution in [2.75, 3.05) is 25.6 Å². The molecule has 152 valence electrons. The SMILES string of the molecule is CSc1nc(COS(C)(=O)=O)cc(C2CCN(C(=O)OC(C)(C)C)CC2)n1. The number of likely N-dealkylation sites (tertiary alicyclic amines) is 1. The van der Waals surface area contributed by atoms with Gasteiger partial charge in [0.15, 0.2) is 5.16 Å². The number of rotatable bonds is 5. The summed E-state index contributed by atoms with van der Waals surface area (Å²) in [5.41, 5.74) is 0.872. The van der Waals surface area contributed by atoms with Crippen molar-refractivity contribution in [2.24, 2.45) is 0 Å². The zero-order valence-electron chi connectivity index (χ0n) is 16.4. The summed E-state index contributed by atoms with van der Waals surface area (Å²) in [5, 5.41) is 0.578. The normalized spacial score (nSPS) is 16.4. The molecular weight excluding hydrogens is 390 g/mol. The van der Waals surface area contributed by atoms with E-state index in [2.05, 4.69) is 9.97 Å². The van der Waals surface area contributed by atoms with Gasteiger partial charge in [-0.15, -0.1) is 0 Å². The Morgan fingerprint density at radius 3 is 2.44 bits per heavy atom. The lowest BCUT2D eigenvalue weighted by Gasteiger charge is -2.33. The molecule has 0 unspecified atom stereocenters. The van der Waals surface area contributed by atoms with E-state index in [4.69, 9.17) is 8.92 Å². The smallest absolute Gasteiger partial charge is 0.410 e. The van der Waals surface area contributed by atoms with Crippen LogP contribution in [0.5, 0.6) is 0 Å². The number of thioether (sulfide) groups is 1. The highest BCUT2D eigenvalue weighted by Gasteiger charge is 2.28. The second-order valence-corrected chi connectivity index (χ2v) is 9.90. The van der Waals surface area contributed by atoms with Gasteiger partial charge in [-0.2, -0.15) is 8.42 Å². The molecule has 0 N–H and O–H groups in total. The van der Waals surface area contributed by atoms with Crippen molar-refractivity contribution in [3.05, 3.63) is 17.5 Å². The summed E-state index contributed by atoms with van der Waals surface area (Å²) in [4.78, 5) is 22.8. The van der Waals surface area contributed by atoms with Crippen LogP contribution in [0, 0.1) is 0 Å². The van der Waals surface area contributed by atoms with E-state index < -0.39 is 15.7 Å². The predicted octanol–water partition coefficient (Wildman–Crippen LogP) is 2.79. The molecule has 2 heterocycles. The molecule has 0 aliphatic carbocycles. The topological polar surface area (TPSA) is 98.7 Å². The summed E-state index contributed by atoms with van der Waals surface area (Å²) in [6, 6.07) is 1.79. The van der Waals surface area contributed by atoms with Gasteiger partial charge in [0.1, 0.15) is 12.2 Å². The third-order valence-corrected chi connectivity index (χ3v) is 5.04. The minimum absolute atomic E-state index is 0.112. The molecule has 0 bridgehead atoms. The van der Waals surface area contributed by atoms with Gasteiger partial charge in [-0.1, -0.05) is 11.8 Å². The molecule has 0 radical (unpaired) electrons. The van der Waals surface area contributed by atoms with Gasteiger partial charge >= 0.3 is 6.09 Å². The molecule has 0 atom stereocenters. The number of carbonyl (C=O) groups is 1. The Kier molecular flexibility index (Phi) is 7.09. The summed E-state index contributed by atoms with van der Waals surface area (Å²) < 4.78 is 32.7. The highest BCUT2D eigenvalue weighted by Crippen LogP contribution is 2.29. The molecule has 0 saturated carbocycles. The standard InChI is InChI=1S/C17H27N3O5S2/c1-17(2,3)25-16(21)20-8-6-12(7-9-20)14-10-13(11-24-27(5,22)23)18-15(19-14)26-4/h10,12H,6-9,11H2,1-5H3. The number of nitrogens with zero attached hydrogens (tertiary/aromatic N) is 3. The lowest BCUT2D eigenvalue weighted by atomic mass is 9.93. The van der Waals surface area contributed by atoms with E-state index in [0.29, 0.717) is 23.9 Å². The fraction of sp³-hybridized carbons (Fsp3) is 0.706. The molecule has 2 rings (SSSR count). The summed E-state index contributed by atoms with van der Waals surface area (Å²) in [7, 11) is -3.54. The minimum atomic E-state index is -3.54. The lowest BCUT2D eigenvalue weighted by molar-refractivity contribution is 0.0204. The first kappa shape index (κ1) is 21.9. The van der Waals surface area contributed by atoms with Gasteiger partial charge in [0.05, 0.1) is 11.9 Å². The molecule has 1 aromatic heterocycles. The van der Waals surface area contributed by atoms with Crippen molar-refractivity contribution in [3.8, 4) is 0 Å². The van der Waals surface area contributed by atoms with Gasteiger partial charge in [0, 0.05) is 24.7 Å². The molecule has 1 fully saturated rings. The molecule has 1 saturated heterocycles. The Morgan fingerprint density at radius 1 is 1.30 bits per heavy atom. The van der Waals surface area contributed by atoms with Crippen LogP contribution < -0.4 is 0 Å². The quantitative estimate of drug-likeness (QED) is 0.410.